The Kier molecular flexibility index (Phi) is 3.93. The molecular weight excluding hydrogens is 178 g/mol. The second kappa shape index (κ2) is 4.78. The molecule has 3 nitrogen and oxygen atoms in total. The Morgan fingerprint density at radius 3 is 2.50 bits per heavy atom. The van der Waals surface area contributed by atoms with Gasteiger partial charge >= 0.3 is 5.97 Å². The molecular formula is C11H21NO2. The van der Waals surface area contributed by atoms with Gasteiger partial charge in [0.2, 0.25) is 0 Å². The van der Waals surface area contributed by atoms with Crippen molar-refractivity contribution in [1.29, 1.82) is 0 Å². The molecule has 0 aromatic heterocycles. The van der Waals surface area contributed by atoms with Crippen molar-refractivity contribution in [3.05, 3.63) is 0 Å². The van der Waals surface area contributed by atoms with Gasteiger partial charge in [-0.3, -0.25) is 4.79 Å². The highest BCUT2D eigenvalue weighted by atomic mass is 16.4. The van der Waals surface area contributed by atoms with Crippen molar-refractivity contribution in [2.75, 3.05) is 13.1 Å². The molecule has 0 amide bonds. The van der Waals surface area contributed by atoms with Crippen LogP contribution in [0.3, 0.4) is 0 Å². The molecule has 0 bridgehead atoms. The molecule has 2 N–H and O–H groups in total. The maximum atomic E-state index is 11.3. The van der Waals surface area contributed by atoms with E-state index in [2.05, 4.69) is 19.2 Å². The van der Waals surface area contributed by atoms with E-state index in [1.54, 1.807) is 0 Å². The molecule has 0 aliphatic carbocycles. The van der Waals surface area contributed by atoms with E-state index >= 15 is 0 Å². The smallest absolute Gasteiger partial charge is 0.310 e. The highest BCUT2D eigenvalue weighted by Gasteiger charge is 2.42. The largest absolute Gasteiger partial charge is 0.481 e. The number of hydrogen-bond donors (Lipinski definition) is 2. The van der Waals surface area contributed by atoms with Crippen molar-refractivity contribution in [1.82, 2.24) is 5.32 Å². The number of rotatable bonds is 5. The van der Waals surface area contributed by atoms with Crippen LogP contribution in [0.15, 0.2) is 0 Å². The first-order valence-corrected chi connectivity index (χ1v) is 5.58. The van der Waals surface area contributed by atoms with E-state index in [1.807, 2.05) is 0 Å². The first-order valence-electron chi connectivity index (χ1n) is 5.58. The summed E-state index contributed by atoms with van der Waals surface area (Å²) in [7, 11) is 0. The van der Waals surface area contributed by atoms with E-state index in [0.29, 0.717) is 12.5 Å². The van der Waals surface area contributed by atoms with Crippen LogP contribution >= 0.6 is 0 Å². The van der Waals surface area contributed by atoms with Crippen LogP contribution in [0.25, 0.3) is 0 Å². The monoisotopic (exact) mass is 199 g/mol. The summed E-state index contributed by atoms with van der Waals surface area (Å²) in [6.45, 7) is 5.80. The van der Waals surface area contributed by atoms with Crippen molar-refractivity contribution in [3.8, 4) is 0 Å². The van der Waals surface area contributed by atoms with Crippen molar-refractivity contribution >= 4 is 5.97 Å². The van der Waals surface area contributed by atoms with Gasteiger partial charge in [-0.1, -0.05) is 26.7 Å². The lowest BCUT2D eigenvalue weighted by Gasteiger charge is -2.27. The van der Waals surface area contributed by atoms with E-state index in [-0.39, 0.29) is 0 Å². The molecule has 1 saturated heterocycles. The van der Waals surface area contributed by atoms with Gasteiger partial charge in [-0.25, -0.2) is 0 Å². The summed E-state index contributed by atoms with van der Waals surface area (Å²) in [6, 6.07) is 0. The minimum atomic E-state index is -0.616. The first kappa shape index (κ1) is 11.5. The zero-order valence-corrected chi connectivity index (χ0v) is 9.18. The minimum Gasteiger partial charge on any atom is -0.481 e. The summed E-state index contributed by atoms with van der Waals surface area (Å²) in [5.41, 5.74) is -0.476. The standard InChI is InChI=1S/C11H21NO2/c1-3-9(4-2)7-11(10(13)14)5-6-12-8-11/h9,12H,3-8H2,1-2H3,(H,13,14). The minimum absolute atomic E-state index is 0.476. The van der Waals surface area contributed by atoms with Gasteiger partial charge in [0.25, 0.3) is 0 Å². The van der Waals surface area contributed by atoms with Crippen LogP contribution in [0.5, 0.6) is 0 Å². The molecule has 1 fully saturated rings. The van der Waals surface area contributed by atoms with Crippen LogP contribution in [0.2, 0.25) is 0 Å². The van der Waals surface area contributed by atoms with Crippen LogP contribution in [0.1, 0.15) is 39.5 Å². The molecule has 1 rings (SSSR count). The Morgan fingerprint density at radius 1 is 1.50 bits per heavy atom. The van der Waals surface area contributed by atoms with Crippen molar-refractivity contribution in [3.63, 3.8) is 0 Å². The highest BCUT2D eigenvalue weighted by Crippen LogP contribution is 2.35. The molecule has 0 aromatic carbocycles. The lowest BCUT2D eigenvalue weighted by Crippen LogP contribution is -2.35. The average molecular weight is 199 g/mol. The second-order valence-electron chi connectivity index (χ2n) is 4.40. The number of hydrogen-bond acceptors (Lipinski definition) is 2. The molecule has 0 spiro atoms. The fraction of sp³-hybridized carbons (Fsp3) is 0.909. The molecule has 3 heteroatoms. The van der Waals surface area contributed by atoms with Crippen LogP contribution in [0, 0.1) is 11.3 Å². The molecule has 1 heterocycles. The van der Waals surface area contributed by atoms with E-state index in [0.717, 1.165) is 32.2 Å². The van der Waals surface area contributed by atoms with Crippen LogP contribution in [-0.4, -0.2) is 24.2 Å². The Labute approximate surface area is 85.9 Å². The van der Waals surface area contributed by atoms with Crippen LogP contribution in [-0.2, 0) is 4.79 Å². The highest BCUT2D eigenvalue weighted by molar-refractivity contribution is 5.75. The van der Waals surface area contributed by atoms with Gasteiger partial charge in [0.15, 0.2) is 0 Å². The Bertz CT molecular complexity index is 193. The van der Waals surface area contributed by atoms with Gasteiger partial charge < -0.3 is 10.4 Å². The third-order valence-corrected chi connectivity index (χ3v) is 3.53. The van der Waals surface area contributed by atoms with Gasteiger partial charge in [0, 0.05) is 6.54 Å². The summed E-state index contributed by atoms with van der Waals surface area (Å²) < 4.78 is 0. The van der Waals surface area contributed by atoms with E-state index in [9.17, 15) is 9.90 Å². The number of nitrogens with one attached hydrogen (secondary N) is 1. The molecule has 14 heavy (non-hydrogen) atoms. The number of aliphatic carboxylic acids is 1. The van der Waals surface area contributed by atoms with E-state index in [4.69, 9.17) is 0 Å². The Hall–Kier alpha value is -0.570. The third kappa shape index (κ3) is 2.27. The summed E-state index contributed by atoms with van der Waals surface area (Å²) in [5.74, 6) is -0.0552. The first-order chi connectivity index (χ1) is 6.64. The number of carboxylic acids is 1. The third-order valence-electron chi connectivity index (χ3n) is 3.53. The predicted octanol–water partition coefficient (Wildman–Crippen LogP) is 1.88. The van der Waals surface area contributed by atoms with Crippen molar-refractivity contribution < 1.29 is 9.90 Å². The molecule has 1 aliphatic heterocycles. The van der Waals surface area contributed by atoms with Crippen molar-refractivity contribution in [2.24, 2.45) is 11.3 Å². The molecule has 0 saturated carbocycles. The summed E-state index contributed by atoms with van der Waals surface area (Å²) >= 11 is 0. The molecule has 0 aromatic rings. The quantitative estimate of drug-likeness (QED) is 0.710. The molecule has 82 valence electrons. The lowest BCUT2D eigenvalue weighted by molar-refractivity contribution is -0.148. The predicted molar refractivity (Wildman–Crippen MR) is 56.2 cm³/mol. The molecule has 0 radical (unpaired) electrons. The maximum absolute atomic E-state index is 11.3. The molecule has 1 aliphatic rings. The Morgan fingerprint density at radius 2 is 2.14 bits per heavy atom. The molecule has 1 unspecified atom stereocenters. The number of carbonyl (C=O) groups is 1. The van der Waals surface area contributed by atoms with E-state index < -0.39 is 11.4 Å². The van der Waals surface area contributed by atoms with Gasteiger partial charge in [-0.15, -0.1) is 0 Å². The van der Waals surface area contributed by atoms with Crippen molar-refractivity contribution in [2.45, 2.75) is 39.5 Å². The van der Waals surface area contributed by atoms with Crippen LogP contribution < -0.4 is 5.32 Å². The fourth-order valence-electron chi connectivity index (χ4n) is 2.32. The lowest BCUT2D eigenvalue weighted by atomic mass is 9.77. The second-order valence-corrected chi connectivity index (χ2v) is 4.40. The summed E-state index contributed by atoms with van der Waals surface area (Å²) in [6.07, 6.45) is 3.80. The maximum Gasteiger partial charge on any atom is 0.310 e. The summed E-state index contributed by atoms with van der Waals surface area (Å²) in [5, 5.41) is 12.4. The van der Waals surface area contributed by atoms with Crippen LogP contribution in [0.4, 0.5) is 0 Å². The Balaban J connectivity index is 2.64. The summed E-state index contributed by atoms with van der Waals surface area (Å²) in [4.78, 5) is 11.3. The normalized spacial score (nSPS) is 27.1. The SMILES string of the molecule is CCC(CC)CC1(C(=O)O)CCNC1. The van der Waals surface area contributed by atoms with Gasteiger partial charge in [0.1, 0.15) is 0 Å². The molecule has 1 atom stereocenters. The van der Waals surface area contributed by atoms with Gasteiger partial charge in [-0.05, 0) is 25.3 Å². The zero-order valence-electron chi connectivity index (χ0n) is 9.18. The van der Waals surface area contributed by atoms with Gasteiger partial charge in [-0.2, -0.15) is 0 Å². The number of carboxylic acid groups (broad SMARTS) is 1. The zero-order chi connectivity index (χ0) is 10.6. The van der Waals surface area contributed by atoms with Gasteiger partial charge in [0.05, 0.1) is 5.41 Å². The average Bonchev–Trinajstić information content (AvgIpc) is 2.64. The van der Waals surface area contributed by atoms with E-state index in [1.165, 1.54) is 0 Å². The fourth-order valence-corrected chi connectivity index (χ4v) is 2.32. The topological polar surface area (TPSA) is 49.3 Å².